The molecule has 0 radical (unpaired) electrons. The van der Waals surface area contributed by atoms with Crippen LogP contribution < -0.4 is 11.1 Å². The summed E-state index contributed by atoms with van der Waals surface area (Å²) in [5, 5.41) is 8.22. The van der Waals surface area contributed by atoms with Crippen LogP contribution in [0.25, 0.3) is 0 Å². The van der Waals surface area contributed by atoms with Crippen LogP contribution in [0.3, 0.4) is 0 Å². The van der Waals surface area contributed by atoms with Crippen LogP contribution in [0, 0.1) is 0 Å². The van der Waals surface area contributed by atoms with E-state index in [1.807, 2.05) is 4.68 Å². The topological polar surface area (TPSA) is 55.9 Å². The fourth-order valence-corrected chi connectivity index (χ4v) is 2.79. The molecule has 1 atom stereocenters. The van der Waals surface area contributed by atoms with Crippen molar-refractivity contribution >= 4 is 5.82 Å². The van der Waals surface area contributed by atoms with Crippen LogP contribution in [0.2, 0.25) is 0 Å². The number of rotatable bonds is 3. The Balaban J connectivity index is 1.66. The minimum Gasteiger partial charge on any atom is -0.384 e. The normalized spacial score (nSPS) is 25.8. The number of aromatic nitrogens is 2. The summed E-state index contributed by atoms with van der Waals surface area (Å²) < 4.78 is 2.00. The molecule has 2 aliphatic rings. The van der Waals surface area contributed by atoms with Crippen molar-refractivity contribution in [3.05, 3.63) is 11.8 Å². The largest absolute Gasteiger partial charge is 0.384 e. The number of piperidine rings is 1. The zero-order chi connectivity index (χ0) is 11.7. The summed E-state index contributed by atoms with van der Waals surface area (Å²) in [6.45, 7) is 2.07. The molecule has 0 spiro atoms. The lowest BCUT2D eigenvalue weighted by Crippen LogP contribution is -2.37. The molecule has 94 valence electrons. The molecule has 4 heteroatoms. The molecular weight excluding hydrogens is 212 g/mol. The summed E-state index contributed by atoms with van der Waals surface area (Å²) in [5.74, 6) is 1.51. The zero-order valence-electron chi connectivity index (χ0n) is 10.4. The van der Waals surface area contributed by atoms with Crippen molar-refractivity contribution < 1.29 is 0 Å². The Morgan fingerprint density at radius 2 is 2.18 bits per heavy atom. The van der Waals surface area contributed by atoms with Crippen molar-refractivity contribution in [2.24, 2.45) is 0 Å². The molecule has 1 saturated heterocycles. The zero-order valence-corrected chi connectivity index (χ0v) is 10.4. The Morgan fingerprint density at radius 1 is 1.29 bits per heavy atom. The van der Waals surface area contributed by atoms with Crippen LogP contribution in [0.5, 0.6) is 0 Å². The van der Waals surface area contributed by atoms with Gasteiger partial charge in [-0.1, -0.05) is 12.8 Å². The number of nitrogens with zero attached hydrogens (tertiary/aromatic N) is 2. The molecule has 1 aromatic rings. The molecule has 4 nitrogen and oxygen atoms in total. The van der Waals surface area contributed by atoms with Crippen LogP contribution in [0.15, 0.2) is 6.07 Å². The van der Waals surface area contributed by atoms with E-state index >= 15 is 0 Å². The summed E-state index contributed by atoms with van der Waals surface area (Å²) in [7, 11) is 0. The molecule has 0 aromatic carbocycles. The van der Waals surface area contributed by atoms with Gasteiger partial charge in [-0.2, -0.15) is 5.10 Å². The first kappa shape index (κ1) is 11.1. The van der Waals surface area contributed by atoms with Gasteiger partial charge in [-0.05, 0) is 32.2 Å². The molecule has 1 aliphatic carbocycles. The van der Waals surface area contributed by atoms with E-state index in [-0.39, 0.29) is 0 Å². The first-order valence-electron chi connectivity index (χ1n) is 6.89. The van der Waals surface area contributed by atoms with Gasteiger partial charge in [-0.25, -0.2) is 4.68 Å². The average molecular weight is 234 g/mol. The van der Waals surface area contributed by atoms with Crippen LogP contribution in [-0.4, -0.2) is 22.4 Å². The first-order valence-corrected chi connectivity index (χ1v) is 6.89. The SMILES string of the molecule is Nc1cc(C2CCC2)nn1C[C@@H]1CCCCN1. The van der Waals surface area contributed by atoms with E-state index in [1.165, 1.54) is 44.2 Å². The predicted octanol–water partition coefficient (Wildman–Crippen LogP) is 1.87. The molecule has 1 saturated carbocycles. The van der Waals surface area contributed by atoms with Gasteiger partial charge in [0, 0.05) is 18.0 Å². The fraction of sp³-hybridized carbons (Fsp3) is 0.769. The van der Waals surface area contributed by atoms with Gasteiger partial charge >= 0.3 is 0 Å². The number of nitrogen functional groups attached to an aromatic ring is 1. The lowest BCUT2D eigenvalue weighted by atomic mass is 9.83. The molecule has 2 fully saturated rings. The fourth-order valence-electron chi connectivity index (χ4n) is 2.79. The van der Waals surface area contributed by atoms with Gasteiger partial charge < -0.3 is 11.1 Å². The highest BCUT2D eigenvalue weighted by Gasteiger charge is 2.23. The number of hydrogen-bond donors (Lipinski definition) is 2. The van der Waals surface area contributed by atoms with Gasteiger partial charge in [-0.3, -0.25) is 0 Å². The quantitative estimate of drug-likeness (QED) is 0.839. The van der Waals surface area contributed by atoms with Gasteiger partial charge in [0.25, 0.3) is 0 Å². The highest BCUT2D eigenvalue weighted by Crippen LogP contribution is 2.36. The van der Waals surface area contributed by atoms with E-state index < -0.39 is 0 Å². The average Bonchev–Trinajstić information content (AvgIpc) is 2.59. The molecule has 0 amide bonds. The third kappa shape index (κ3) is 2.32. The summed E-state index contributed by atoms with van der Waals surface area (Å²) in [5.41, 5.74) is 7.26. The Kier molecular flexibility index (Phi) is 3.05. The molecule has 1 aromatic heterocycles. The van der Waals surface area contributed by atoms with Crippen LogP contribution in [-0.2, 0) is 6.54 Å². The van der Waals surface area contributed by atoms with Crippen LogP contribution >= 0.6 is 0 Å². The Bertz CT molecular complexity index is 375. The maximum Gasteiger partial charge on any atom is 0.121 e. The lowest BCUT2D eigenvalue weighted by Gasteiger charge is -2.24. The lowest BCUT2D eigenvalue weighted by molar-refractivity contribution is 0.348. The van der Waals surface area contributed by atoms with E-state index in [0.29, 0.717) is 12.0 Å². The van der Waals surface area contributed by atoms with E-state index in [4.69, 9.17) is 5.73 Å². The van der Waals surface area contributed by atoms with Gasteiger partial charge in [-0.15, -0.1) is 0 Å². The van der Waals surface area contributed by atoms with Crippen LogP contribution in [0.4, 0.5) is 5.82 Å². The monoisotopic (exact) mass is 234 g/mol. The standard InChI is InChI=1S/C13H22N4/c14-13-8-12(10-4-3-5-10)16-17(13)9-11-6-1-2-7-15-11/h8,10-11,15H,1-7,9,14H2/t11-/m0/s1. The van der Waals surface area contributed by atoms with Gasteiger partial charge in [0.1, 0.15) is 5.82 Å². The molecule has 17 heavy (non-hydrogen) atoms. The molecule has 2 heterocycles. The summed E-state index contributed by atoms with van der Waals surface area (Å²) in [6, 6.07) is 2.63. The van der Waals surface area contributed by atoms with E-state index in [0.717, 1.165) is 18.9 Å². The number of nitrogens with two attached hydrogens (primary N) is 1. The Hall–Kier alpha value is -1.03. The molecule has 1 aliphatic heterocycles. The number of anilines is 1. The predicted molar refractivity (Wildman–Crippen MR) is 68.9 cm³/mol. The second-order valence-electron chi connectivity index (χ2n) is 5.45. The Labute approximate surface area is 103 Å². The number of hydrogen-bond acceptors (Lipinski definition) is 3. The van der Waals surface area contributed by atoms with Crippen molar-refractivity contribution in [1.29, 1.82) is 0 Å². The smallest absolute Gasteiger partial charge is 0.121 e. The first-order chi connectivity index (χ1) is 8.33. The maximum absolute atomic E-state index is 6.05. The molecular formula is C13H22N4. The van der Waals surface area contributed by atoms with E-state index in [1.54, 1.807) is 0 Å². The van der Waals surface area contributed by atoms with Gasteiger partial charge in [0.05, 0.1) is 12.2 Å². The second kappa shape index (κ2) is 4.69. The highest BCUT2D eigenvalue weighted by atomic mass is 15.3. The van der Waals surface area contributed by atoms with Gasteiger partial charge in [0.15, 0.2) is 0 Å². The van der Waals surface area contributed by atoms with E-state index in [2.05, 4.69) is 16.5 Å². The maximum atomic E-state index is 6.05. The highest BCUT2D eigenvalue weighted by molar-refractivity contribution is 5.33. The van der Waals surface area contributed by atoms with Crippen molar-refractivity contribution in [2.45, 2.75) is 57.0 Å². The van der Waals surface area contributed by atoms with Crippen molar-refractivity contribution in [2.75, 3.05) is 12.3 Å². The third-order valence-corrected chi connectivity index (χ3v) is 4.16. The second-order valence-corrected chi connectivity index (χ2v) is 5.45. The van der Waals surface area contributed by atoms with Crippen molar-refractivity contribution in [3.8, 4) is 0 Å². The Morgan fingerprint density at radius 3 is 2.82 bits per heavy atom. The molecule has 3 rings (SSSR count). The summed E-state index contributed by atoms with van der Waals surface area (Å²) in [6.07, 6.45) is 7.81. The third-order valence-electron chi connectivity index (χ3n) is 4.16. The molecule has 0 bridgehead atoms. The van der Waals surface area contributed by atoms with Crippen molar-refractivity contribution in [3.63, 3.8) is 0 Å². The molecule has 0 unspecified atom stereocenters. The minimum atomic E-state index is 0.556. The minimum absolute atomic E-state index is 0.556. The van der Waals surface area contributed by atoms with Gasteiger partial charge in [0.2, 0.25) is 0 Å². The summed E-state index contributed by atoms with van der Waals surface area (Å²) in [4.78, 5) is 0. The number of nitrogens with one attached hydrogen (secondary N) is 1. The van der Waals surface area contributed by atoms with Crippen molar-refractivity contribution in [1.82, 2.24) is 15.1 Å². The van der Waals surface area contributed by atoms with Crippen LogP contribution in [0.1, 0.15) is 50.1 Å². The summed E-state index contributed by atoms with van der Waals surface area (Å²) >= 11 is 0. The molecule has 3 N–H and O–H groups in total. The van der Waals surface area contributed by atoms with E-state index in [9.17, 15) is 0 Å².